The largest absolute Gasteiger partial charge is 0.388 e. The molecule has 1 N–H and O–H groups in total. The molecular formula is C16H27NO. The summed E-state index contributed by atoms with van der Waals surface area (Å²) in [4.78, 5) is 0. The molecule has 0 aromatic heterocycles. The van der Waals surface area contributed by atoms with E-state index in [0.717, 1.165) is 57.3 Å². The van der Waals surface area contributed by atoms with E-state index >= 15 is 0 Å². The first kappa shape index (κ1) is 13.9. The minimum atomic E-state index is -0.701. The summed E-state index contributed by atoms with van der Waals surface area (Å²) in [6.45, 7) is 4.55. The van der Waals surface area contributed by atoms with Gasteiger partial charge in [-0.3, -0.25) is 0 Å². The van der Waals surface area contributed by atoms with Gasteiger partial charge in [0.1, 0.15) is 0 Å². The quantitative estimate of drug-likeness (QED) is 0.802. The van der Waals surface area contributed by atoms with E-state index in [9.17, 15) is 10.4 Å². The second kappa shape index (κ2) is 5.21. The van der Waals surface area contributed by atoms with E-state index in [1.165, 1.54) is 6.42 Å². The predicted molar refractivity (Wildman–Crippen MR) is 72.9 cm³/mol. The van der Waals surface area contributed by atoms with Gasteiger partial charge < -0.3 is 5.11 Å². The molecule has 2 saturated carbocycles. The zero-order chi connectivity index (χ0) is 13.2. The van der Waals surface area contributed by atoms with Gasteiger partial charge in [0, 0.05) is 0 Å². The van der Waals surface area contributed by atoms with Gasteiger partial charge in [-0.25, -0.2) is 0 Å². The molecular weight excluding hydrogens is 222 g/mol. The normalized spacial score (nSPS) is 36.3. The lowest BCUT2D eigenvalue weighted by Crippen LogP contribution is -2.51. The van der Waals surface area contributed by atoms with Crippen molar-refractivity contribution in [2.75, 3.05) is 0 Å². The summed E-state index contributed by atoms with van der Waals surface area (Å²) in [5.74, 6) is 1.45. The first-order valence-corrected chi connectivity index (χ1v) is 7.67. The Morgan fingerprint density at radius 2 is 1.61 bits per heavy atom. The van der Waals surface area contributed by atoms with Crippen molar-refractivity contribution in [2.24, 2.45) is 17.3 Å². The molecule has 102 valence electrons. The van der Waals surface area contributed by atoms with Gasteiger partial charge in [0.05, 0.1) is 17.1 Å². The van der Waals surface area contributed by atoms with Gasteiger partial charge >= 0.3 is 0 Å². The summed E-state index contributed by atoms with van der Waals surface area (Å²) in [5.41, 5.74) is -1.14. The van der Waals surface area contributed by atoms with Crippen LogP contribution in [0.25, 0.3) is 0 Å². The molecule has 0 atom stereocenters. The van der Waals surface area contributed by atoms with Crippen molar-refractivity contribution in [3.63, 3.8) is 0 Å². The van der Waals surface area contributed by atoms with Gasteiger partial charge in [-0.15, -0.1) is 0 Å². The standard InChI is InChI=1S/C16H27NO/c1-13(2)14-6-10-16(18,11-7-14)15(12-17)8-4-3-5-9-15/h13-14,18H,3-11H2,1-2H3. The van der Waals surface area contributed by atoms with Crippen LogP contribution >= 0.6 is 0 Å². The van der Waals surface area contributed by atoms with Crippen molar-refractivity contribution in [1.82, 2.24) is 0 Å². The predicted octanol–water partition coefficient (Wildman–Crippen LogP) is 4.04. The molecule has 2 fully saturated rings. The fourth-order valence-corrected chi connectivity index (χ4v) is 4.10. The second-order valence-corrected chi connectivity index (χ2v) is 6.87. The highest BCUT2D eigenvalue weighted by Crippen LogP contribution is 2.52. The summed E-state index contributed by atoms with van der Waals surface area (Å²) in [7, 11) is 0. The smallest absolute Gasteiger partial charge is 0.0860 e. The number of nitriles is 1. The van der Waals surface area contributed by atoms with Gasteiger partial charge in [0.2, 0.25) is 0 Å². The van der Waals surface area contributed by atoms with Crippen molar-refractivity contribution >= 4 is 0 Å². The summed E-state index contributed by atoms with van der Waals surface area (Å²) in [6.07, 6.45) is 9.14. The minimum Gasteiger partial charge on any atom is -0.388 e. The molecule has 0 aromatic carbocycles. The van der Waals surface area contributed by atoms with Crippen LogP contribution < -0.4 is 0 Å². The van der Waals surface area contributed by atoms with Crippen LogP contribution in [0.2, 0.25) is 0 Å². The van der Waals surface area contributed by atoms with Crippen LogP contribution in [-0.4, -0.2) is 10.7 Å². The lowest BCUT2D eigenvalue weighted by atomic mass is 9.58. The maximum atomic E-state index is 11.0. The van der Waals surface area contributed by atoms with E-state index in [1.807, 2.05) is 0 Å². The van der Waals surface area contributed by atoms with Crippen LogP contribution in [0.5, 0.6) is 0 Å². The highest BCUT2D eigenvalue weighted by Gasteiger charge is 2.52. The van der Waals surface area contributed by atoms with E-state index in [2.05, 4.69) is 19.9 Å². The van der Waals surface area contributed by atoms with Crippen LogP contribution in [0.15, 0.2) is 0 Å². The van der Waals surface area contributed by atoms with Crippen LogP contribution in [-0.2, 0) is 0 Å². The Morgan fingerprint density at radius 3 is 2.06 bits per heavy atom. The van der Waals surface area contributed by atoms with E-state index in [-0.39, 0.29) is 0 Å². The van der Waals surface area contributed by atoms with Crippen molar-refractivity contribution in [1.29, 1.82) is 5.26 Å². The Hall–Kier alpha value is -0.550. The first-order chi connectivity index (χ1) is 8.53. The van der Waals surface area contributed by atoms with E-state index < -0.39 is 11.0 Å². The molecule has 0 amide bonds. The van der Waals surface area contributed by atoms with Crippen molar-refractivity contribution in [3.05, 3.63) is 0 Å². The molecule has 2 aliphatic rings. The summed E-state index contributed by atoms with van der Waals surface area (Å²) in [5, 5.41) is 20.6. The van der Waals surface area contributed by atoms with Gasteiger partial charge in [0.15, 0.2) is 0 Å². The molecule has 0 spiro atoms. The number of nitrogens with zero attached hydrogens (tertiary/aromatic N) is 1. The molecule has 0 bridgehead atoms. The summed E-state index contributed by atoms with van der Waals surface area (Å²) >= 11 is 0. The topological polar surface area (TPSA) is 44.0 Å². The molecule has 2 nitrogen and oxygen atoms in total. The third-order valence-corrected chi connectivity index (χ3v) is 5.61. The van der Waals surface area contributed by atoms with Gasteiger partial charge in [-0.05, 0) is 50.4 Å². The van der Waals surface area contributed by atoms with E-state index in [1.54, 1.807) is 0 Å². The van der Waals surface area contributed by atoms with Crippen LogP contribution in [0.3, 0.4) is 0 Å². The highest BCUT2D eigenvalue weighted by atomic mass is 16.3. The van der Waals surface area contributed by atoms with E-state index in [0.29, 0.717) is 5.92 Å². The monoisotopic (exact) mass is 249 g/mol. The maximum absolute atomic E-state index is 11.0. The van der Waals surface area contributed by atoms with Crippen molar-refractivity contribution < 1.29 is 5.11 Å². The number of aliphatic hydroxyl groups is 1. The molecule has 18 heavy (non-hydrogen) atoms. The number of hydrogen-bond acceptors (Lipinski definition) is 2. The molecule has 0 radical (unpaired) electrons. The average Bonchev–Trinajstić information content (AvgIpc) is 2.40. The van der Waals surface area contributed by atoms with Crippen LogP contribution in [0.1, 0.15) is 71.6 Å². The molecule has 0 aromatic rings. The highest BCUT2D eigenvalue weighted by molar-refractivity contribution is 5.13. The van der Waals surface area contributed by atoms with Gasteiger partial charge in [-0.2, -0.15) is 5.26 Å². The van der Waals surface area contributed by atoms with Gasteiger partial charge in [-0.1, -0.05) is 33.1 Å². The van der Waals surface area contributed by atoms with Crippen molar-refractivity contribution in [2.45, 2.75) is 77.2 Å². The fraction of sp³-hybridized carbons (Fsp3) is 0.938. The molecule has 2 aliphatic carbocycles. The minimum absolute atomic E-state index is 0.437. The summed E-state index contributed by atoms with van der Waals surface area (Å²) < 4.78 is 0. The molecule has 2 heteroatoms. The molecule has 0 aliphatic heterocycles. The van der Waals surface area contributed by atoms with E-state index in [4.69, 9.17) is 0 Å². The maximum Gasteiger partial charge on any atom is 0.0860 e. The Kier molecular flexibility index (Phi) is 4.02. The molecule has 0 saturated heterocycles. The Bertz CT molecular complexity index is 314. The average molecular weight is 249 g/mol. The SMILES string of the molecule is CC(C)C1CCC(O)(C2(C#N)CCCCC2)CC1. The lowest BCUT2D eigenvalue weighted by Gasteiger charge is -2.49. The Labute approximate surface area is 111 Å². The van der Waals surface area contributed by atoms with Crippen LogP contribution in [0.4, 0.5) is 0 Å². The number of hydrogen-bond donors (Lipinski definition) is 1. The fourth-order valence-electron chi connectivity index (χ4n) is 4.10. The third kappa shape index (κ3) is 2.30. The number of rotatable bonds is 2. The lowest BCUT2D eigenvalue weighted by molar-refractivity contribution is -0.107. The molecule has 0 unspecified atom stereocenters. The van der Waals surface area contributed by atoms with Crippen molar-refractivity contribution in [3.8, 4) is 6.07 Å². The van der Waals surface area contributed by atoms with Gasteiger partial charge in [0.25, 0.3) is 0 Å². The molecule has 2 rings (SSSR count). The third-order valence-electron chi connectivity index (χ3n) is 5.61. The summed E-state index contributed by atoms with van der Waals surface area (Å²) in [6, 6.07) is 2.52. The zero-order valence-electron chi connectivity index (χ0n) is 11.9. The zero-order valence-corrected chi connectivity index (χ0v) is 11.9. The second-order valence-electron chi connectivity index (χ2n) is 6.87. The van der Waals surface area contributed by atoms with Crippen LogP contribution in [0, 0.1) is 28.6 Å². The first-order valence-electron chi connectivity index (χ1n) is 7.67. The Morgan fingerprint density at radius 1 is 1.06 bits per heavy atom. The Balaban J connectivity index is 2.09. The molecule has 0 heterocycles.